The molecule has 1 amide bonds. The molecular formula is C17H17F3N2O. The van der Waals surface area contributed by atoms with E-state index in [9.17, 15) is 18.0 Å². The highest BCUT2D eigenvalue weighted by atomic mass is 19.4. The van der Waals surface area contributed by atoms with Crippen LogP contribution in [-0.4, -0.2) is 19.5 Å². The third kappa shape index (κ3) is 5.02. The van der Waals surface area contributed by atoms with E-state index in [1.807, 2.05) is 42.3 Å². The Morgan fingerprint density at radius 1 is 1.09 bits per heavy atom. The summed E-state index contributed by atoms with van der Waals surface area (Å²) in [4.78, 5) is 13.8. The summed E-state index contributed by atoms with van der Waals surface area (Å²) in [6.45, 7) is 0.467. The summed E-state index contributed by atoms with van der Waals surface area (Å²) in [5, 5.41) is 2.50. The van der Waals surface area contributed by atoms with Gasteiger partial charge in [-0.25, -0.2) is 0 Å². The van der Waals surface area contributed by atoms with Gasteiger partial charge in [-0.2, -0.15) is 13.2 Å². The molecule has 0 saturated carbocycles. The van der Waals surface area contributed by atoms with Gasteiger partial charge < -0.3 is 10.2 Å². The molecule has 0 unspecified atom stereocenters. The monoisotopic (exact) mass is 322 g/mol. The molecule has 0 atom stereocenters. The lowest BCUT2D eigenvalue weighted by Gasteiger charge is -2.18. The van der Waals surface area contributed by atoms with E-state index in [-0.39, 0.29) is 18.0 Å². The molecule has 0 spiro atoms. The highest BCUT2D eigenvalue weighted by Crippen LogP contribution is 2.30. The number of hydrogen-bond donors (Lipinski definition) is 1. The summed E-state index contributed by atoms with van der Waals surface area (Å²) in [5.41, 5.74) is 0.336. The van der Waals surface area contributed by atoms with Gasteiger partial charge in [0.15, 0.2) is 0 Å². The standard InChI is InChI=1S/C17H17F3N2O/c1-22(15-8-3-2-4-9-15)11-10-16(23)21-14-7-5-6-13(12-14)17(18,19)20/h2-9,12H,10-11H2,1H3,(H,21,23). The van der Waals surface area contributed by atoms with E-state index in [0.29, 0.717) is 6.54 Å². The first-order valence-corrected chi connectivity index (χ1v) is 7.09. The van der Waals surface area contributed by atoms with Crippen molar-refractivity contribution in [3.05, 3.63) is 60.2 Å². The number of carbonyl (C=O) groups excluding carboxylic acids is 1. The van der Waals surface area contributed by atoms with Crippen LogP contribution in [0.15, 0.2) is 54.6 Å². The fourth-order valence-corrected chi connectivity index (χ4v) is 2.08. The maximum Gasteiger partial charge on any atom is 0.416 e. The van der Waals surface area contributed by atoms with Gasteiger partial charge in [0.25, 0.3) is 0 Å². The first kappa shape index (κ1) is 16.9. The lowest BCUT2D eigenvalue weighted by atomic mass is 10.2. The second-order valence-corrected chi connectivity index (χ2v) is 5.13. The maximum atomic E-state index is 12.6. The van der Waals surface area contributed by atoms with Crippen LogP contribution >= 0.6 is 0 Å². The number of halogens is 3. The van der Waals surface area contributed by atoms with Gasteiger partial charge in [-0.3, -0.25) is 4.79 Å². The van der Waals surface area contributed by atoms with Crippen LogP contribution in [0.1, 0.15) is 12.0 Å². The molecule has 2 aromatic carbocycles. The molecule has 122 valence electrons. The quantitative estimate of drug-likeness (QED) is 0.896. The van der Waals surface area contributed by atoms with E-state index in [0.717, 1.165) is 17.8 Å². The fourth-order valence-electron chi connectivity index (χ4n) is 2.08. The molecule has 0 aliphatic heterocycles. The number of nitrogens with one attached hydrogen (secondary N) is 1. The minimum absolute atomic E-state index is 0.146. The second kappa shape index (κ2) is 7.17. The molecule has 23 heavy (non-hydrogen) atoms. The minimum atomic E-state index is -4.42. The molecule has 0 heterocycles. The molecule has 0 bridgehead atoms. The van der Waals surface area contributed by atoms with Crippen molar-refractivity contribution in [1.29, 1.82) is 0 Å². The summed E-state index contributed by atoms with van der Waals surface area (Å²) in [7, 11) is 1.85. The number of amides is 1. The van der Waals surface area contributed by atoms with Gasteiger partial charge in [0.05, 0.1) is 5.56 Å². The van der Waals surface area contributed by atoms with Crippen LogP contribution in [0.5, 0.6) is 0 Å². The predicted octanol–water partition coefficient (Wildman–Crippen LogP) is 4.17. The summed E-state index contributed by atoms with van der Waals surface area (Å²) in [6, 6.07) is 14.1. The van der Waals surface area contributed by atoms with Crippen molar-refractivity contribution < 1.29 is 18.0 Å². The van der Waals surface area contributed by atoms with Crippen LogP contribution in [0.3, 0.4) is 0 Å². The van der Waals surface area contributed by atoms with E-state index in [1.165, 1.54) is 12.1 Å². The van der Waals surface area contributed by atoms with Gasteiger partial charge >= 0.3 is 6.18 Å². The van der Waals surface area contributed by atoms with Gasteiger partial charge in [0.1, 0.15) is 0 Å². The Kier molecular flexibility index (Phi) is 5.26. The number of anilines is 2. The molecule has 0 radical (unpaired) electrons. The van der Waals surface area contributed by atoms with Gasteiger partial charge in [-0.15, -0.1) is 0 Å². The van der Waals surface area contributed by atoms with E-state index in [1.54, 1.807) is 0 Å². The largest absolute Gasteiger partial charge is 0.416 e. The molecule has 6 heteroatoms. The molecule has 3 nitrogen and oxygen atoms in total. The van der Waals surface area contributed by atoms with Gasteiger partial charge in [-0.05, 0) is 30.3 Å². The van der Waals surface area contributed by atoms with Crippen LogP contribution < -0.4 is 10.2 Å². The van der Waals surface area contributed by atoms with Crippen molar-refractivity contribution in [2.45, 2.75) is 12.6 Å². The summed E-state index contributed by atoms with van der Waals surface area (Å²) >= 11 is 0. The molecule has 0 aromatic heterocycles. The Labute approximate surface area is 132 Å². The molecule has 0 aliphatic carbocycles. The van der Waals surface area contributed by atoms with E-state index < -0.39 is 11.7 Å². The first-order chi connectivity index (χ1) is 10.9. The van der Waals surface area contributed by atoms with Crippen molar-refractivity contribution in [3.63, 3.8) is 0 Å². The average Bonchev–Trinajstić information content (AvgIpc) is 2.53. The Morgan fingerprint density at radius 2 is 1.78 bits per heavy atom. The highest BCUT2D eigenvalue weighted by molar-refractivity contribution is 5.91. The topological polar surface area (TPSA) is 32.3 Å². The summed E-state index contributed by atoms with van der Waals surface area (Å²) < 4.78 is 37.9. The number of carbonyl (C=O) groups is 1. The molecule has 0 fully saturated rings. The van der Waals surface area contributed by atoms with Crippen molar-refractivity contribution in [2.75, 3.05) is 23.8 Å². The van der Waals surface area contributed by atoms with Gasteiger partial charge in [0.2, 0.25) is 5.91 Å². The zero-order valence-corrected chi connectivity index (χ0v) is 12.6. The van der Waals surface area contributed by atoms with Crippen molar-refractivity contribution in [1.82, 2.24) is 0 Å². The summed E-state index contributed by atoms with van der Waals surface area (Å²) in [6.07, 6.45) is -4.24. The average molecular weight is 322 g/mol. The minimum Gasteiger partial charge on any atom is -0.374 e. The first-order valence-electron chi connectivity index (χ1n) is 7.09. The molecule has 0 aliphatic rings. The normalized spacial score (nSPS) is 11.1. The third-order valence-corrected chi connectivity index (χ3v) is 3.34. The predicted molar refractivity (Wildman–Crippen MR) is 84.4 cm³/mol. The molecule has 2 rings (SSSR count). The third-order valence-electron chi connectivity index (χ3n) is 3.34. The van der Waals surface area contributed by atoms with Crippen LogP contribution in [0.25, 0.3) is 0 Å². The van der Waals surface area contributed by atoms with E-state index in [4.69, 9.17) is 0 Å². The van der Waals surface area contributed by atoms with Crippen molar-refractivity contribution in [2.24, 2.45) is 0 Å². The Hall–Kier alpha value is -2.50. The number of para-hydroxylation sites is 1. The Bertz CT molecular complexity index is 656. The van der Waals surface area contributed by atoms with Gasteiger partial charge in [0, 0.05) is 31.4 Å². The number of hydrogen-bond acceptors (Lipinski definition) is 2. The van der Waals surface area contributed by atoms with Gasteiger partial charge in [-0.1, -0.05) is 24.3 Å². The van der Waals surface area contributed by atoms with E-state index >= 15 is 0 Å². The molecule has 1 N–H and O–H groups in total. The number of alkyl halides is 3. The van der Waals surface area contributed by atoms with Crippen LogP contribution in [0.4, 0.5) is 24.5 Å². The second-order valence-electron chi connectivity index (χ2n) is 5.13. The zero-order valence-electron chi connectivity index (χ0n) is 12.6. The van der Waals surface area contributed by atoms with Crippen molar-refractivity contribution in [3.8, 4) is 0 Å². The molecule has 0 saturated heterocycles. The SMILES string of the molecule is CN(CCC(=O)Nc1cccc(C(F)(F)F)c1)c1ccccc1. The lowest BCUT2D eigenvalue weighted by molar-refractivity contribution is -0.137. The van der Waals surface area contributed by atoms with Crippen LogP contribution in [-0.2, 0) is 11.0 Å². The Balaban J connectivity index is 1.90. The highest BCUT2D eigenvalue weighted by Gasteiger charge is 2.30. The zero-order chi connectivity index (χ0) is 16.9. The fraction of sp³-hybridized carbons (Fsp3) is 0.235. The lowest BCUT2D eigenvalue weighted by Crippen LogP contribution is -2.23. The summed E-state index contributed by atoms with van der Waals surface area (Å²) in [5.74, 6) is -0.327. The number of rotatable bonds is 5. The van der Waals surface area contributed by atoms with Crippen LogP contribution in [0, 0.1) is 0 Å². The van der Waals surface area contributed by atoms with Crippen LogP contribution in [0.2, 0.25) is 0 Å². The Morgan fingerprint density at radius 3 is 2.43 bits per heavy atom. The molecule has 2 aromatic rings. The number of nitrogens with zero attached hydrogens (tertiary/aromatic N) is 1. The maximum absolute atomic E-state index is 12.6. The van der Waals surface area contributed by atoms with E-state index in [2.05, 4.69) is 5.32 Å². The smallest absolute Gasteiger partial charge is 0.374 e. The molecular weight excluding hydrogens is 305 g/mol. The van der Waals surface area contributed by atoms with Crippen molar-refractivity contribution >= 4 is 17.3 Å². The number of benzene rings is 2.